The lowest BCUT2D eigenvalue weighted by Crippen LogP contribution is -2.27. The SMILES string of the molecule is CC1(c2nnc3ccncn23)CCNC1. The van der Waals surface area contributed by atoms with Gasteiger partial charge in [-0.1, -0.05) is 6.92 Å². The molecule has 1 aliphatic rings. The van der Waals surface area contributed by atoms with Crippen molar-refractivity contribution >= 4 is 5.65 Å². The molecule has 5 nitrogen and oxygen atoms in total. The Morgan fingerprint density at radius 1 is 1.47 bits per heavy atom. The van der Waals surface area contributed by atoms with Gasteiger partial charge in [0.2, 0.25) is 0 Å². The highest BCUT2D eigenvalue weighted by Gasteiger charge is 2.34. The molecule has 1 N–H and O–H groups in total. The Hall–Kier alpha value is -1.49. The predicted octanol–water partition coefficient (Wildman–Crippen LogP) is 0.375. The van der Waals surface area contributed by atoms with Gasteiger partial charge in [0.1, 0.15) is 12.2 Å². The molecule has 2 aromatic heterocycles. The van der Waals surface area contributed by atoms with Gasteiger partial charge in [-0.05, 0) is 13.0 Å². The zero-order valence-electron chi connectivity index (χ0n) is 8.64. The molecule has 78 valence electrons. The molecule has 5 heteroatoms. The molecule has 1 fully saturated rings. The van der Waals surface area contributed by atoms with Crippen molar-refractivity contribution < 1.29 is 0 Å². The minimum atomic E-state index is 0.0858. The standard InChI is InChI=1S/C10H13N5/c1-10(3-5-11-6-10)9-14-13-8-2-4-12-7-15(8)9/h2,4,7,11H,3,5-6H2,1H3. The number of fused-ring (bicyclic) bond motifs is 1. The third-order valence-electron chi connectivity index (χ3n) is 3.12. The number of nitrogens with zero attached hydrogens (tertiary/aromatic N) is 4. The average Bonchev–Trinajstić information content (AvgIpc) is 2.84. The molecule has 1 atom stereocenters. The fourth-order valence-electron chi connectivity index (χ4n) is 2.17. The van der Waals surface area contributed by atoms with Crippen molar-refractivity contribution in [2.45, 2.75) is 18.8 Å². The maximum Gasteiger partial charge on any atom is 0.163 e. The van der Waals surface area contributed by atoms with Crippen molar-refractivity contribution in [3.63, 3.8) is 0 Å². The summed E-state index contributed by atoms with van der Waals surface area (Å²) in [6, 6.07) is 1.88. The van der Waals surface area contributed by atoms with Gasteiger partial charge in [-0.3, -0.25) is 4.40 Å². The van der Waals surface area contributed by atoms with E-state index in [4.69, 9.17) is 0 Å². The van der Waals surface area contributed by atoms with Gasteiger partial charge in [-0.15, -0.1) is 10.2 Å². The van der Waals surface area contributed by atoms with E-state index in [0.717, 1.165) is 31.0 Å². The molecule has 2 aromatic rings. The molecule has 1 saturated heterocycles. The quantitative estimate of drug-likeness (QED) is 0.727. The monoisotopic (exact) mass is 203 g/mol. The predicted molar refractivity (Wildman–Crippen MR) is 55.6 cm³/mol. The van der Waals surface area contributed by atoms with Crippen molar-refractivity contribution in [3.05, 3.63) is 24.4 Å². The molecule has 1 unspecified atom stereocenters. The summed E-state index contributed by atoms with van der Waals surface area (Å²) >= 11 is 0. The first-order chi connectivity index (χ1) is 7.30. The van der Waals surface area contributed by atoms with Gasteiger partial charge in [0.05, 0.1) is 0 Å². The molecule has 15 heavy (non-hydrogen) atoms. The van der Waals surface area contributed by atoms with Crippen LogP contribution in [-0.4, -0.2) is 32.7 Å². The van der Waals surface area contributed by atoms with Crippen LogP contribution in [0.15, 0.2) is 18.6 Å². The Morgan fingerprint density at radius 2 is 2.40 bits per heavy atom. The molecule has 0 saturated carbocycles. The van der Waals surface area contributed by atoms with E-state index in [1.807, 2.05) is 10.5 Å². The minimum absolute atomic E-state index is 0.0858. The summed E-state index contributed by atoms with van der Waals surface area (Å²) in [5.41, 5.74) is 0.954. The molecule has 3 heterocycles. The third-order valence-corrected chi connectivity index (χ3v) is 3.12. The highest BCUT2D eigenvalue weighted by atomic mass is 15.3. The van der Waals surface area contributed by atoms with Gasteiger partial charge in [0, 0.05) is 24.2 Å². The first kappa shape index (κ1) is 8.79. The molecule has 0 spiro atoms. The number of nitrogens with one attached hydrogen (secondary N) is 1. The van der Waals surface area contributed by atoms with Crippen LogP contribution in [0.25, 0.3) is 5.65 Å². The summed E-state index contributed by atoms with van der Waals surface area (Å²) in [7, 11) is 0. The smallest absolute Gasteiger partial charge is 0.163 e. The molecule has 0 radical (unpaired) electrons. The van der Waals surface area contributed by atoms with Gasteiger partial charge in [-0.25, -0.2) is 4.98 Å². The summed E-state index contributed by atoms with van der Waals surface area (Å²) < 4.78 is 1.98. The van der Waals surface area contributed by atoms with Crippen molar-refractivity contribution in [2.75, 3.05) is 13.1 Å². The molecule has 0 aliphatic carbocycles. The Kier molecular flexibility index (Phi) is 1.76. The Labute approximate surface area is 87.5 Å². The van der Waals surface area contributed by atoms with Crippen molar-refractivity contribution in [1.29, 1.82) is 0 Å². The second kappa shape index (κ2) is 3.00. The third kappa shape index (κ3) is 1.23. The summed E-state index contributed by atoms with van der Waals surface area (Å²) in [5, 5.41) is 11.8. The van der Waals surface area contributed by atoms with Crippen LogP contribution in [0, 0.1) is 0 Å². The average molecular weight is 203 g/mol. The number of rotatable bonds is 1. The largest absolute Gasteiger partial charge is 0.316 e. The van der Waals surface area contributed by atoms with Crippen molar-refractivity contribution in [2.24, 2.45) is 0 Å². The zero-order chi connectivity index (χ0) is 10.3. The van der Waals surface area contributed by atoms with Crippen LogP contribution in [0.2, 0.25) is 0 Å². The van der Waals surface area contributed by atoms with E-state index in [0.29, 0.717) is 0 Å². The molecule has 0 aromatic carbocycles. The van der Waals surface area contributed by atoms with Gasteiger partial charge in [-0.2, -0.15) is 0 Å². The first-order valence-corrected chi connectivity index (χ1v) is 5.16. The van der Waals surface area contributed by atoms with E-state index in [2.05, 4.69) is 27.4 Å². The Bertz CT molecular complexity index is 483. The van der Waals surface area contributed by atoms with Crippen LogP contribution in [0.3, 0.4) is 0 Å². The van der Waals surface area contributed by atoms with Crippen LogP contribution in [0.5, 0.6) is 0 Å². The second-order valence-corrected chi connectivity index (χ2v) is 4.32. The number of hydrogen-bond acceptors (Lipinski definition) is 4. The molecule has 0 amide bonds. The lowest BCUT2D eigenvalue weighted by molar-refractivity contribution is 0.483. The fourth-order valence-corrected chi connectivity index (χ4v) is 2.17. The van der Waals surface area contributed by atoms with Gasteiger partial charge in [0.25, 0.3) is 0 Å². The number of aromatic nitrogens is 4. The van der Waals surface area contributed by atoms with Crippen molar-refractivity contribution in [3.8, 4) is 0 Å². The zero-order valence-corrected chi connectivity index (χ0v) is 8.64. The maximum atomic E-state index is 4.28. The second-order valence-electron chi connectivity index (χ2n) is 4.32. The van der Waals surface area contributed by atoms with E-state index in [1.165, 1.54) is 0 Å². The first-order valence-electron chi connectivity index (χ1n) is 5.16. The van der Waals surface area contributed by atoms with Crippen LogP contribution < -0.4 is 5.32 Å². The van der Waals surface area contributed by atoms with Gasteiger partial charge >= 0.3 is 0 Å². The lowest BCUT2D eigenvalue weighted by atomic mass is 9.89. The normalized spacial score (nSPS) is 26.2. The number of hydrogen-bond donors (Lipinski definition) is 1. The van der Waals surface area contributed by atoms with Crippen LogP contribution >= 0.6 is 0 Å². The molecular formula is C10H13N5. The van der Waals surface area contributed by atoms with Crippen LogP contribution in [0.4, 0.5) is 0 Å². The van der Waals surface area contributed by atoms with E-state index >= 15 is 0 Å². The Balaban J connectivity index is 2.18. The summed E-state index contributed by atoms with van der Waals surface area (Å²) in [6.45, 7) is 4.23. The summed E-state index contributed by atoms with van der Waals surface area (Å²) in [5.74, 6) is 1.01. The Morgan fingerprint density at radius 3 is 3.20 bits per heavy atom. The summed E-state index contributed by atoms with van der Waals surface area (Å²) in [4.78, 5) is 4.11. The van der Waals surface area contributed by atoms with Crippen LogP contribution in [0.1, 0.15) is 19.2 Å². The van der Waals surface area contributed by atoms with E-state index < -0.39 is 0 Å². The lowest BCUT2D eigenvalue weighted by Gasteiger charge is -2.19. The maximum absolute atomic E-state index is 4.28. The van der Waals surface area contributed by atoms with E-state index in [1.54, 1.807) is 12.5 Å². The molecular weight excluding hydrogens is 190 g/mol. The topological polar surface area (TPSA) is 55.1 Å². The minimum Gasteiger partial charge on any atom is -0.316 e. The fraction of sp³-hybridized carbons (Fsp3) is 0.500. The van der Waals surface area contributed by atoms with E-state index in [-0.39, 0.29) is 5.41 Å². The summed E-state index contributed by atoms with van der Waals surface area (Å²) in [6.07, 6.45) is 4.62. The van der Waals surface area contributed by atoms with E-state index in [9.17, 15) is 0 Å². The van der Waals surface area contributed by atoms with Gasteiger partial charge < -0.3 is 5.32 Å². The van der Waals surface area contributed by atoms with Crippen molar-refractivity contribution in [1.82, 2.24) is 24.9 Å². The molecule has 1 aliphatic heterocycles. The van der Waals surface area contributed by atoms with Gasteiger partial charge in [0.15, 0.2) is 5.65 Å². The van der Waals surface area contributed by atoms with Crippen LogP contribution in [-0.2, 0) is 5.41 Å². The highest BCUT2D eigenvalue weighted by molar-refractivity contribution is 5.37. The molecule has 3 rings (SSSR count). The molecule has 0 bridgehead atoms. The highest BCUT2D eigenvalue weighted by Crippen LogP contribution is 2.28.